The van der Waals surface area contributed by atoms with Gasteiger partial charge in [0, 0.05) is 19.3 Å². The monoisotopic (exact) mass is 272 g/mol. The Morgan fingerprint density at radius 3 is 2.30 bits per heavy atom. The minimum atomic E-state index is -0.869. The van der Waals surface area contributed by atoms with E-state index in [0.717, 1.165) is 36.8 Å². The zero-order chi connectivity index (χ0) is 13.7. The SMILES string of the molecule is O=C(O)c1cccnc1N1C[C@@H]2C3CCC(CC3)[C@@H]2C1. The molecule has 1 aliphatic heterocycles. The molecular formula is C16H20N2O2. The Morgan fingerprint density at radius 2 is 1.75 bits per heavy atom. The summed E-state index contributed by atoms with van der Waals surface area (Å²) in [5.41, 5.74) is 0.346. The normalized spacial score (nSPS) is 35.1. The fourth-order valence-electron chi connectivity index (χ4n) is 4.84. The first-order valence-corrected chi connectivity index (χ1v) is 7.67. The summed E-state index contributed by atoms with van der Waals surface area (Å²) in [6, 6.07) is 3.38. The lowest BCUT2D eigenvalue weighted by atomic mass is 9.60. The van der Waals surface area contributed by atoms with Gasteiger partial charge in [0.1, 0.15) is 11.4 Å². The molecule has 2 heterocycles. The average Bonchev–Trinajstić information content (AvgIpc) is 2.95. The molecule has 20 heavy (non-hydrogen) atoms. The second-order valence-electron chi connectivity index (χ2n) is 6.59. The predicted octanol–water partition coefficient (Wildman–Crippen LogP) is 2.65. The fourth-order valence-corrected chi connectivity index (χ4v) is 4.84. The minimum absolute atomic E-state index is 0.346. The molecular weight excluding hydrogens is 252 g/mol. The smallest absolute Gasteiger partial charge is 0.339 e. The van der Waals surface area contributed by atoms with Gasteiger partial charge in [-0.1, -0.05) is 0 Å². The Morgan fingerprint density at radius 1 is 1.15 bits per heavy atom. The molecule has 0 amide bonds. The van der Waals surface area contributed by atoms with Crippen LogP contribution in [0.1, 0.15) is 36.0 Å². The average molecular weight is 272 g/mol. The number of aromatic carboxylic acids is 1. The highest BCUT2D eigenvalue weighted by atomic mass is 16.4. The molecule has 2 atom stereocenters. The van der Waals surface area contributed by atoms with Gasteiger partial charge in [-0.2, -0.15) is 0 Å². The van der Waals surface area contributed by atoms with Crippen molar-refractivity contribution in [3.05, 3.63) is 23.9 Å². The molecule has 1 aromatic rings. The second-order valence-corrected chi connectivity index (χ2v) is 6.59. The van der Waals surface area contributed by atoms with E-state index in [0.29, 0.717) is 11.4 Å². The quantitative estimate of drug-likeness (QED) is 0.899. The molecule has 1 saturated heterocycles. The van der Waals surface area contributed by atoms with Crippen molar-refractivity contribution in [1.29, 1.82) is 0 Å². The number of hydrogen-bond donors (Lipinski definition) is 1. The Balaban J connectivity index is 1.64. The summed E-state index contributed by atoms with van der Waals surface area (Å²) < 4.78 is 0. The second kappa shape index (κ2) is 4.47. The lowest BCUT2D eigenvalue weighted by molar-refractivity contribution is 0.0577. The molecule has 4 nitrogen and oxygen atoms in total. The van der Waals surface area contributed by atoms with Crippen molar-refractivity contribution in [2.75, 3.05) is 18.0 Å². The lowest BCUT2D eigenvalue weighted by Crippen LogP contribution is -2.38. The van der Waals surface area contributed by atoms with Crippen LogP contribution in [0.2, 0.25) is 0 Å². The van der Waals surface area contributed by atoms with Crippen molar-refractivity contribution in [2.24, 2.45) is 23.7 Å². The molecule has 4 fully saturated rings. The molecule has 106 valence electrons. The molecule has 0 spiro atoms. The Kier molecular flexibility index (Phi) is 2.72. The van der Waals surface area contributed by atoms with Gasteiger partial charge in [0.15, 0.2) is 0 Å². The summed E-state index contributed by atoms with van der Waals surface area (Å²) in [6.07, 6.45) is 7.24. The van der Waals surface area contributed by atoms with Crippen molar-refractivity contribution in [3.63, 3.8) is 0 Å². The van der Waals surface area contributed by atoms with Crippen molar-refractivity contribution in [3.8, 4) is 0 Å². The predicted molar refractivity (Wildman–Crippen MR) is 75.8 cm³/mol. The summed E-state index contributed by atoms with van der Waals surface area (Å²) in [5.74, 6) is 3.08. The maximum atomic E-state index is 11.4. The fraction of sp³-hybridized carbons (Fsp3) is 0.625. The summed E-state index contributed by atoms with van der Waals surface area (Å²) >= 11 is 0. The van der Waals surface area contributed by atoms with Gasteiger partial charge in [-0.05, 0) is 61.5 Å². The van der Waals surface area contributed by atoms with Gasteiger partial charge in [0.25, 0.3) is 0 Å². The van der Waals surface area contributed by atoms with Crippen LogP contribution in [0.3, 0.4) is 0 Å². The van der Waals surface area contributed by atoms with Gasteiger partial charge >= 0.3 is 5.97 Å². The largest absolute Gasteiger partial charge is 0.478 e. The van der Waals surface area contributed by atoms with E-state index < -0.39 is 5.97 Å². The number of carbonyl (C=O) groups is 1. The number of pyridine rings is 1. The molecule has 1 N–H and O–H groups in total. The highest BCUT2D eigenvalue weighted by Gasteiger charge is 2.48. The summed E-state index contributed by atoms with van der Waals surface area (Å²) in [7, 11) is 0. The third-order valence-corrected chi connectivity index (χ3v) is 5.76. The Bertz CT molecular complexity index is 517. The van der Waals surface area contributed by atoms with E-state index >= 15 is 0 Å². The van der Waals surface area contributed by atoms with Crippen LogP contribution < -0.4 is 4.90 Å². The third-order valence-electron chi connectivity index (χ3n) is 5.76. The zero-order valence-corrected chi connectivity index (χ0v) is 11.5. The van der Waals surface area contributed by atoms with E-state index in [1.54, 1.807) is 18.3 Å². The van der Waals surface area contributed by atoms with Crippen LogP contribution in [0, 0.1) is 23.7 Å². The van der Waals surface area contributed by atoms with E-state index in [-0.39, 0.29) is 0 Å². The maximum Gasteiger partial charge on any atom is 0.339 e. The summed E-state index contributed by atoms with van der Waals surface area (Å²) in [6.45, 7) is 2.01. The highest BCUT2D eigenvalue weighted by molar-refractivity contribution is 5.93. The Labute approximate surface area is 118 Å². The molecule has 0 aromatic carbocycles. The molecule has 4 heteroatoms. The van der Waals surface area contributed by atoms with Crippen molar-refractivity contribution < 1.29 is 9.90 Å². The van der Waals surface area contributed by atoms with Gasteiger partial charge in [0.05, 0.1) is 0 Å². The topological polar surface area (TPSA) is 53.4 Å². The summed E-state index contributed by atoms with van der Waals surface area (Å²) in [5, 5.41) is 9.33. The molecule has 3 saturated carbocycles. The van der Waals surface area contributed by atoms with Crippen LogP contribution in [0.4, 0.5) is 5.82 Å². The number of carboxylic acids is 1. The van der Waals surface area contributed by atoms with E-state index in [9.17, 15) is 9.90 Å². The van der Waals surface area contributed by atoms with Gasteiger partial charge in [-0.3, -0.25) is 0 Å². The van der Waals surface area contributed by atoms with Crippen LogP contribution in [-0.2, 0) is 0 Å². The van der Waals surface area contributed by atoms with Crippen LogP contribution in [0.5, 0.6) is 0 Å². The van der Waals surface area contributed by atoms with E-state index in [2.05, 4.69) is 9.88 Å². The molecule has 3 aliphatic carbocycles. The first-order chi connectivity index (χ1) is 9.74. The van der Waals surface area contributed by atoms with E-state index in [1.165, 1.54) is 25.7 Å². The number of fused-ring (bicyclic) bond motifs is 2. The number of nitrogens with zero attached hydrogens (tertiary/aromatic N) is 2. The summed E-state index contributed by atoms with van der Waals surface area (Å²) in [4.78, 5) is 18.0. The molecule has 1 aromatic heterocycles. The molecule has 5 rings (SSSR count). The standard InChI is InChI=1S/C16H20N2O2/c19-16(20)12-2-1-7-17-15(12)18-8-13-10-3-4-11(6-5-10)14(13)9-18/h1-2,7,10-11,13-14H,3-6,8-9H2,(H,19,20)/t10?,11?,13-,14+. The van der Waals surface area contributed by atoms with Crippen LogP contribution in [-0.4, -0.2) is 29.1 Å². The number of rotatable bonds is 2. The molecule has 0 unspecified atom stereocenters. The molecule has 4 aliphatic rings. The lowest BCUT2D eigenvalue weighted by Gasteiger charge is -2.44. The molecule has 0 radical (unpaired) electrons. The Hall–Kier alpha value is -1.58. The van der Waals surface area contributed by atoms with Crippen LogP contribution in [0.25, 0.3) is 0 Å². The number of carboxylic acid groups (broad SMARTS) is 1. The van der Waals surface area contributed by atoms with Crippen molar-refractivity contribution in [1.82, 2.24) is 4.98 Å². The van der Waals surface area contributed by atoms with Gasteiger partial charge < -0.3 is 10.0 Å². The maximum absolute atomic E-state index is 11.4. The first-order valence-electron chi connectivity index (χ1n) is 7.67. The first kappa shape index (κ1) is 12.2. The number of aromatic nitrogens is 1. The van der Waals surface area contributed by atoms with Gasteiger partial charge in [-0.15, -0.1) is 0 Å². The minimum Gasteiger partial charge on any atom is -0.478 e. The van der Waals surface area contributed by atoms with Crippen molar-refractivity contribution in [2.45, 2.75) is 25.7 Å². The highest BCUT2D eigenvalue weighted by Crippen LogP contribution is 2.52. The van der Waals surface area contributed by atoms with E-state index in [1.807, 2.05) is 0 Å². The number of anilines is 1. The molecule has 2 bridgehead atoms. The van der Waals surface area contributed by atoms with Crippen LogP contribution >= 0.6 is 0 Å². The van der Waals surface area contributed by atoms with Gasteiger partial charge in [-0.25, -0.2) is 9.78 Å². The van der Waals surface area contributed by atoms with Gasteiger partial charge in [0.2, 0.25) is 0 Å². The number of hydrogen-bond acceptors (Lipinski definition) is 3. The van der Waals surface area contributed by atoms with Crippen LogP contribution in [0.15, 0.2) is 18.3 Å². The third kappa shape index (κ3) is 1.74. The van der Waals surface area contributed by atoms with Crippen molar-refractivity contribution >= 4 is 11.8 Å². The van der Waals surface area contributed by atoms with E-state index in [4.69, 9.17) is 0 Å². The zero-order valence-electron chi connectivity index (χ0n) is 11.5.